The number of hydrogen-bond donors (Lipinski definition) is 1. The van der Waals surface area contributed by atoms with Crippen molar-refractivity contribution in [3.8, 4) is 0 Å². The molecule has 0 bridgehead atoms. The fourth-order valence-corrected chi connectivity index (χ4v) is 2.00. The molecule has 76 valence electrons. The second-order valence-electron chi connectivity index (χ2n) is 3.69. The zero-order chi connectivity index (χ0) is 10.0. The summed E-state index contributed by atoms with van der Waals surface area (Å²) in [6, 6.07) is 0.139. The van der Waals surface area contributed by atoms with E-state index in [4.69, 9.17) is 5.11 Å². The Morgan fingerprint density at radius 1 is 1.69 bits per heavy atom. The highest BCUT2D eigenvalue weighted by Gasteiger charge is 2.34. The van der Waals surface area contributed by atoms with Gasteiger partial charge in [0.25, 0.3) is 0 Å². The summed E-state index contributed by atoms with van der Waals surface area (Å²) in [6.45, 7) is 4.89. The molecule has 0 aromatic heterocycles. The second kappa shape index (κ2) is 4.42. The number of alkyl halides is 1. The molecule has 0 radical (unpaired) electrons. The van der Waals surface area contributed by atoms with Crippen LogP contribution in [0.15, 0.2) is 0 Å². The lowest BCUT2D eigenvalue weighted by Crippen LogP contribution is -2.40. The van der Waals surface area contributed by atoms with Gasteiger partial charge >= 0.3 is 0 Å². The minimum Gasteiger partial charge on any atom is -0.396 e. The predicted octanol–water partition coefficient (Wildman–Crippen LogP) is 0.999. The lowest BCUT2D eigenvalue weighted by atomic mass is 10.0. The molecule has 3 atom stereocenters. The summed E-state index contributed by atoms with van der Waals surface area (Å²) < 4.78 is 0. The first-order valence-electron chi connectivity index (χ1n) is 4.63. The molecule has 13 heavy (non-hydrogen) atoms. The third kappa shape index (κ3) is 2.23. The minimum atomic E-state index is -0.0131. The highest BCUT2D eigenvalue weighted by atomic mass is 79.9. The van der Waals surface area contributed by atoms with Crippen molar-refractivity contribution in [2.75, 3.05) is 13.2 Å². The van der Waals surface area contributed by atoms with Gasteiger partial charge < -0.3 is 10.0 Å². The molecule has 1 aliphatic rings. The van der Waals surface area contributed by atoms with Crippen LogP contribution in [0.5, 0.6) is 0 Å². The van der Waals surface area contributed by atoms with Crippen LogP contribution in [0, 0.1) is 5.92 Å². The van der Waals surface area contributed by atoms with Crippen molar-refractivity contribution in [3.05, 3.63) is 0 Å². The van der Waals surface area contributed by atoms with Gasteiger partial charge in [-0.05, 0) is 19.3 Å². The van der Waals surface area contributed by atoms with E-state index in [2.05, 4.69) is 15.9 Å². The van der Waals surface area contributed by atoms with Crippen LogP contribution in [0.1, 0.15) is 20.3 Å². The van der Waals surface area contributed by atoms with Gasteiger partial charge in [-0.25, -0.2) is 0 Å². The summed E-state index contributed by atoms with van der Waals surface area (Å²) in [5.74, 6) is 0.314. The Morgan fingerprint density at radius 3 is 2.69 bits per heavy atom. The zero-order valence-electron chi connectivity index (χ0n) is 8.03. The molecule has 3 nitrogen and oxygen atoms in total. The molecule has 1 amide bonds. The molecule has 3 unspecified atom stereocenters. The molecule has 0 spiro atoms. The van der Waals surface area contributed by atoms with Gasteiger partial charge in [0.2, 0.25) is 5.91 Å². The summed E-state index contributed by atoms with van der Waals surface area (Å²) in [5.41, 5.74) is 0. The molecule has 1 heterocycles. The van der Waals surface area contributed by atoms with E-state index in [1.807, 2.05) is 18.7 Å². The molecular formula is C9H16BrNO2. The van der Waals surface area contributed by atoms with Crippen LogP contribution in [0.4, 0.5) is 0 Å². The number of carbonyl (C=O) groups excluding carboxylic acids is 1. The Balaban J connectivity index is 2.57. The van der Waals surface area contributed by atoms with E-state index in [0.717, 1.165) is 13.0 Å². The summed E-state index contributed by atoms with van der Waals surface area (Å²) in [5, 5.41) is 8.97. The van der Waals surface area contributed by atoms with Crippen molar-refractivity contribution in [2.45, 2.75) is 31.1 Å². The Morgan fingerprint density at radius 2 is 2.31 bits per heavy atom. The molecular weight excluding hydrogens is 234 g/mol. The van der Waals surface area contributed by atoms with Gasteiger partial charge in [-0.1, -0.05) is 22.9 Å². The molecule has 1 fully saturated rings. The van der Waals surface area contributed by atoms with Gasteiger partial charge in [0, 0.05) is 19.2 Å². The van der Waals surface area contributed by atoms with Gasteiger partial charge in [-0.15, -0.1) is 0 Å². The van der Waals surface area contributed by atoms with Crippen LogP contribution < -0.4 is 0 Å². The molecule has 0 aromatic rings. The summed E-state index contributed by atoms with van der Waals surface area (Å²) in [4.78, 5) is 13.4. The lowest BCUT2D eigenvalue weighted by Gasteiger charge is -2.28. The lowest BCUT2D eigenvalue weighted by molar-refractivity contribution is -0.129. The number of halogens is 1. The van der Waals surface area contributed by atoms with Crippen molar-refractivity contribution < 1.29 is 9.90 Å². The van der Waals surface area contributed by atoms with E-state index in [1.54, 1.807) is 0 Å². The maximum absolute atomic E-state index is 11.6. The Labute approximate surface area is 87.2 Å². The number of likely N-dealkylation sites (tertiary alicyclic amines) is 1. The number of hydrogen-bond acceptors (Lipinski definition) is 2. The van der Waals surface area contributed by atoms with E-state index in [9.17, 15) is 4.79 Å². The monoisotopic (exact) mass is 249 g/mol. The van der Waals surface area contributed by atoms with Gasteiger partial charge in [-0.2, -0.15) is 0 Å². The zero-order valence-corrected chi connectivity index (χ0v) is 9.62. The van der Waals surface area contributed by atoms with Crippen molar-refractivity contribution in [1.29, 1.82) is 0 Å². The van der Waals surface area contributed by atoms with Crippen LogP contribution in [0.25, 0.3) is 0 Å². The van der Waals surface area contributed by atoms with E-state index in [-0.39, 0.29) is 29.3 Å². The van der Waals surface area contributed by atoms with Crippen LogP contribution in [0.3, 0.4) is 0 Å². The van der Waals surface area contributed by atoms with E-state index < -0.39 is 0 Å². The predicted molar refractivity (Wildman–Crippen MR) is 54.8 cm³/mol. The van der Waals surface area contributed by atoms with Crippen LogP contribution >= 0.6 is 15.9 Å². The van der Waals surface area contributed by atoms with Gasteiger partial charge in [0.15, 0.2) is 0 Å². The maximum atomic E-state index is 11.6. The first kappa shape index (κ1) is 11.0. The fourth-order valence-electron chi connectivity index (χ4n) is 1.53. The Kier molecular flexibility index (Phi) is 3.74. The normalized spacial score (nSPS) is 27.8. The molecule has 0 aliphatic carbocycles. The summed E-state index contributed by atoms with van der Waals surface area (Å²) >= 11 is 3.33. The maximum Gasteiger partial charge on any atom is 0.236 e. The highest BCUT2D eigenvalue weighted by Crippen LogP contribution is 2.23. The fraction of sp³-hybridized carbons (Fsp3) is 0.889. The number of rotatable bonds is 3. The number of carbonyl (C=O) groups is 1. The minimum absolute atomic E-state index is 0.0131. The van der Waals surface area contributed by atoms with Gasteiger partial charge in [0.1, 0.15) is 0 Å². The number of amides is 1. The first-order valence-corrected chi connectivity index (χ1v) is 5.55. The van der Waals surface area contributed by atoms with Crippen molar-refractivity contribution in [3.63, 3.8) is 0 Å². The number of nitrogens with zero attached hydrogens (tertiary/aromatic N) is 1. The SMILES string of the molecule is CC(CO)C(C)N1CCC(Br)C1=O. The smallest absolute Gasteiger partial charge is 0.236 e. The van der Waals surface area contributed by atoms with Crippen LogP contribution in [-0.2, 0) is 4.79 Å². The largest absolute Gasteiger partial charge is 0.396 e. The molecule has 4 heteroatoms. The van der Waals surface area contributed by atoms with Gasteiger partial charge in [0.05, 0.1) is 4.83 Å². The summed E-state index contributed by atoms with van der Waals surface area (Å²) in [6.07, 6.45) is 0.876. The standard InChI is InChI=1S/C9H16BrNO2/c1-6(5-12)7(2)11-4-3-8(10)9(11)13/h6-8,12H,3-5H2,1-2H3. The third-order valence-electron chi connectivity index (χ3n) is 2.78. The first-order chi connectivity index (χ1) is 6.07. The Bertz CT molecular complexity index is 198. The average molecular weight is 250 g/mol. The quantitative estimate of drug-likeness (QED) is 0.759. The molecule has 1 aliphatic heterocycles. The van der Waals surface area contributed by atoms with Gasteiger partial charge in [-0.3, -0.25) is 4.79 Å². The molecule has 1 rings (SSSR count). The highest BCUT2D eigenvalue weighted by molar-refractivity contribution is 9.10. The van der Waals surface area contributed by atoms with E-state index >= 15 is 0 Å². The van der Waals surface area contributed by atoms with E-state index in [1.165, 1.54) is 0 Å². The summed E-state index contributed by atoms with van der Waals surface area (Å²) in [7, 11) is 0. The Hall–Kier alpha value is -0.0900. The van der Waals surface area contributed by atoms with Crippen LogP contribution in [-0.4, -0.2) is 39.9 Å². The number of aliphatic hydroxyl groups is 1. The second-order valence-corrected chi connectivity index (χ2v) is 4.79. The molecule has 1 N–H and O–H groups in total. The molecule has 0 aromatic carbocycles. The van der Waals surface area contributed by atoms with Crippen LogP contribution in [0.2, 0.25) is 0 Å². The van der Waals surface area contributed by atoms with Crippen molar-refractivity contribution >= 4 is 21.8 Å². The topological polar surface area (TPSA) is 40.5 Å². The number of aliphatic hydroxyl groups excluding tert-OH is 1. The van der Waals surface area contributed by atoms with E-state index in [0.29, 0.717) is 0 Å². The third-order valence-corrected chi connectivity index (χ3v) is 3.63. The molecule has 0 saturated carbocycles. The molecule has 1 saturated heterocycles. The van der Waals surface area contributed by atoms with Crippen molar-refractivity contribution in [1.82, 2.24) is 4.90 Å². The van der Waals surface area contributed by atoms with Crippen molar-refractivity contribution in [2.24, 2.45) is 5.92 Å². The average Bonchev–Trinajstić information content (AvgIpc) is 2.45.